The molecule has 0 unspecified atom stereocenters. The molecule has 0 atom stereocenters. The summed E-state index contributed by atoms with van der Waals surface area (Å²) in [5.74, 6) is -0.530. The first-order valence-corrected chi connectivity index (χ1v) is 6.32. The smallest absolute Gasteiger partial charge is 0.308 e. The van der Waals surface area contributed by atoms with E-state index in [0.717, 1.165) is 0 Å². The van der Waals surface area contributed by atoms with E-state index in [9.17, 15) is 9.59 Å². The van der Waals surface area contributed by atoms with E-state index in [1.165, 1.54) is 7.11 Å². The van der Waals surface area contributed by atoms with Crippen LogP contribution in [0, 0.1) is 6.92 Å². The SMILES string of the molecule is COc1ccc(Cl)c2c(=O)c(CC(=O)O)c(C)n(C)c12. The lowest BCUT2D eigenvalue weighted by molar-refractivity contribution is -0.136. The zero-order valence-corrected chi connectivity index (χ0v) is 12.1. The molecule has 0 aliphatic rings. The van der Waals surface area contributed by atoms with Crippen LogP contribution in [0.15, 0.2) is 16.9 Å². The van der Waals surface area contributed by atoms with Crippen LogP contribution in [0.1, 0.15) is 11.3 Å². The average Bonchev–Trinajstić information content (AvgIpc) is 2.40. The fourth-order valence-corrected chi connectivity index (χ4v) is 2.54. The Bertz CT molecular complexity index is 764. The lowest BCUT2D eigenvalue weighted by Crippen LogP contribution is -2.20. The molecule has 106 valence electrons. The average molecular weight is 296 g/mol. The second kappa shape index (κ2) is 5.17. The molecule has 0 fully saturated rings. The van der Waals surface area contributed by atoms with Crippen molar-refractivity contribution in [1.29, 1.82) is 0 Å². The van der Waals surface area contributed by atoms with Crippen LogP contribution in [0.25, 0.3) is 10.9 Å². The molecule has 1 aromatic carbocycles. The van der Waals surface area contributed by atoms with Gasteiger partial charge in [0.15, 0.2) is 5.43 Å². The number of pyridine rings is 1. The van der Waals surface area contributed by atoms with Gasteiger partial charge in [-0.3, -0.25) is 9.59 Å². The number of aromatic nitrogens is 1. The molecule has 0 bridgehead atoms. The molecule has 20 heavy (non-hydrogen) atoms. The molecule has 2 rings (SSSR count). The summed E-state index contributed by atoms with van der Waals surface area (Å²) in [5, 5.41) is 9.52. The summed E-state index contributed by atoms with van der Waals surface area (Å²) in [5.41, 5.74) is 1.03. The quantitative estimate of drug-likeness (QED) is 0.942. The van der Waals surface area contributed by atoms with Crippen molar-refractivity contribution in [2.45, 2.75) is 13.3 Å². The summed E-state index contributed by atoms with van der Waals surface area (Å²) in [6, 6.07) is 3.25. The van der Waals surface area contributed by atoms with Crippen molar-refractivity contribution < 1.29 is 14.6 Å². The highest BCUT2D eigenvalue weighted by molar-refractivity contribution is 6.35. The maximum atomic E-state index is 12.5. The minimum atomic E-state index is -1.05. The van der Waals surface area contributed by atoms with E-state index in [1.807, 2.05) is 0 Å². The number of nitrogens with zero attached hydrogens (tertiary/aromatic N) is 1. The van der Waals surface area contributed by atoms with Gasteiger partial charge in [0.05, 0.1) is 29.5 Å². The van der Waals surface area contributed by atoms with Crippen LogP contribution < -0.4 is 10.2 Å². The largest absolute Gasteiger partial charge is 0.495 e. The van der Waals surface area contributed by atoms with Crippen LogP contribution in [-0.2, 0) is 18.3 Å². The van der Waals surface area contributed by atoms with Gasteiger partial charge in [-0.05, 0) is 19.1 Å². The standard InChI is InChI=1S/C14H14ClNO4/c1-7-8(6-11(17)18)14(19)12-9(15)4-5-10(20-3)13(12)16(7)2/h4-5H,6H2,1-3H3,(H,17,18). The molecule has 0 saturated heterocycles. The van der Waals surface area contributed by atoms with E-state index in [2.05, 4.69) is 0 Å². The maximum absolute atomic E-state index is 12.5. The van der Waals surface area contributed by atoms with Gasteiger partial charge >= 0.3 is 5.97 Å². The van der Waals surface area contributed by atoms with Crippen molar-refractivity contribution in [2.75, 3.05) is 7.11 Å². The molecule has 1 N–H and O–H groups in total. The van der Waals surface area contributed by atoms with Crippen molar-refractivity contribution in [2.24, 2.45) is 7.05 Å². The highest BCUT2D eigenvalue weighted by Crippen LogP contribution is 2.30. The highest BCUT2D eigenvalue weighted by atomic mass is 35.5. The molecular formula is C14H14ClNO4. The summed E-state index contributed by atoms with van der Waals surface area (Å²) >= 11 is 6.11. The van der Waals surface area contributed by atoms with E-state index in [1.54, 1.807) is 30.7 Å². The Morgan fingerprint density at radius 1 is 1.45 bits per heavy atom. The number of methoxy groups -OCH3 is 1. The van der Waals surface area contributed by atoms with Crippen LogP contribution in [0.3, 0.4) is 0 Å². The number of carboxylic acids is 1. The van der Waals surface area contributed by atoms with E-state index < -0.39 is 5.97 Å². The van der Waals surface area contributed by atoms with Crippen LogP contribution in [0.5, 0.6) is 5.75 Å². The van der Waals surface area contributed by atoms with Crippen LogP contribution in [0.2, 0.25) is 5.02 Å². The van der Waals surface area contributed by atoms with Gasteiger partial charge in [-0.2, -0.15) is 0 Å². The number of fused-ring (bicyclic) bond motifs is 1. The Labute approximate surface area is 120 Å². The molecule has 1 heterocycles. The molecule has 5 nitrogen and oxygen atoms in total. The first-order valence-electron chi connectivity index (χ1n) is 5.95. The first kappa shape index (κ1) is 14.4. The van der Waals surface area contributed by atoms with Gasteiger partial charge in [-0.15, -0.1) is 0 Å². The summed E-state index contributed by atoms with van der Waals surface area (Å²) in [4.78, 5) is 23.4. The normalized spacial score (nSPS) is 10.8. The third-order valence-electron chi connectivity index (χ3n) is 3.41. The number of carboxylic acid groups (broad SMARTS) is 1. The lowest BCUT2D eigenvalue weighted by Gasteiger charge is -2.16. The number of benzene rings is 1. The molecule has 0 spiro atoms. The number of halogens is 1. The van der Waals surface area contributed by atoms with E-state index >= 15 is 0 Å². The zero-order valence-electron chi connectivity index (χ0n) is 11.4. The van der Waals surface area contributed by atoms with Crippen LogP contribution >= 0.6 is 11.6 Å². The molecule has 0 aliphatic heterocycles. The summed E-state index contributed by atoms with van der Waals surface area (Å²) in [7, 11) is 3.26. The van der Waals surface area contributed by atoms with Crippen molar-refractivity contribution in [1.82, 2.24) is 4.57 Å². The molecule has 1 aromatic heterocycles. The van der Waals surface area contributed by atoms with Crippen LogP contribution in [-0.4, -0.2) is 22.8 Å². The Balaban J connectivity index is 3.00. The fourth-order valence-electron chi connectivity index (χ4n) is 2.31. The lowest BCUT2D eigenvalue weighted by atomic mass is 10.0. The summed E-state index contributed by atoms with van der Waals surface area (Å²) < 4.78 is 7.00. The summed E-state index contributed by atoms with van der Waals surface area (Å²) in [6.07, 6.45) is -0.331. The van der Waals surface area contributed by atoms with Crippen LogP contribution in [0.4, 0.5) is 0 Å². The molecule has 0 amide bonds. The number of rotatable bonds is 3. The Kier molecular flexibility index (Phi) is 3.72. The van der Waals surface area contributed by atoms with E-state index in [4.69, 9.17) is 21.4 Å². The molecule has 0 radical (unpaired) electrons. The molecular weight excluding hydrogens is 282 g/mol. The topological polar surface area (TPSA) is 68.5 Å². The predicted molar refractivity (Wildman–Crippen MR) is 76.8 cm³/mol. The highest BCUT2D eigenvalue weighted by Gasteiger charge is 2.19. The molecule has 0 aliphatic carbocycles. The molecule has 6 heteroatoms. The van der Waals surface area contributed by atoms with Crippen molar-refractivity contribution in [3.63, 3.8) is 0 Å². The third-order valence-corrected chi connectivity index (χ3v) is 3.73. The number of hydrogen-bond acceptors (Lipinski definition) is 3. The van der Waals surface area contributed by atoms with Gasteiger partial charge < -0.3 is 14.4 Å². The minimum Gasteiger partial charge on any atom is -0.495 e. The number of carbonyl (C=O) groups is 1. The van der Waals surface area contributed by atoms with Gasteiger partial charge in [-0.1, -0.05) is 11.6 Å². The minimum absolute atomic E-state index is 0.239. The Hall–Kier alpha value is -2.01. The van der Waals surface area contributed by atoms with Gasteiger partial charge in [0.25, 0.3) is 0 Å². The van der Waals surface area contributed by atoms with Gasteiger partial charge in [0.1, 0.15) is 5.75 Å². The Morgan fingerprint density at radius 3 is 2.65 bits per heavy atom. The predicted octanol–water partition coefficient (Wildman–Crippen LogP) is 2.14. The van der Waals surface area contributed by atoms with Gasteiger partial charge in [0, 0.05) is 18.3 Å². The second-order valence-electron chi connectivity index (χ2n) is 4.50. The van der Waals surface area contributed by atoms with Crippen molar-refractivity contribution >= 4 is 28.5 Å². The fraction of sp³-hybridized carbons (Fsp3) is 0.286. The molecule has 2 aromatic rings. The van der Waals surface area contributed by atoms with Gasteiger partial charge in [0.2, 0.25) is 0 Å². The maximum Gasteiger partial charge on any atom is 0.308 e. The Morgan fingerprint density at radius 2 is 2.10 bits per heavy atom. The number of ether oxygens (including phenoxy) is 1. The van der Waals surface area contributed by atoms with Crippen molar-refractivity contribution in [3.8, 4) is 5.75 Å². The van der Waals surface area contributed by atoms with E-state index in [-0.39, 0.29) is 27.8 Å². The van der Waals surface area contributed by atoms with E-state index in [0.29, 0.717) is 17.0 Å². The van der Waals surface area contributed by atoms with Gasteiger partial charge in [-0.25, -0.2) is 0 Å². The third kappa shape index (κ3) is 2.14. The zero-order chi connectivity index (χ0) is 15.0. The summed E-state index contributed by atoms with van der Waals surface area (Å²) in [6.45, 7) is 1.71. The number of aliphatic carboxylic acids is 1. The molecule has 0 saturated carbocycles. The monoisotopic (exact) mass is 295 g/mol. The van der Waals surface area contributed by atoms with Crippen molar-refractivity contribution in [3.05, 3.63) is 38.6 Å². The first-order chi connectivity index (χ1) is 9.38. The number of aryl methyl sites for hydroxylation is 1. The number of hydrogen-bond donors (Lipinski definition) is 1. The second-order valence-corrected chi connectivity index (χ2v) is 4.90.